The minimum Gasteiger partial charge on any atom is -0.381 e. The second-order valence-corrected chi connectivity index (χ2v) is 5.84. The van der Waals surface area contributed by atoms with Gasteiger partial charge in [0.1, 0.15) is 0 Å². The van der Waals surface area contributed by atoms with Gasteiger partial charge in [0.05, 0.1) is 6.61 Å². The van der Waals surface area contributed by atoms with Crippen LogP contribution >= 0.6 is 0 Å². The molecule has 0 saturated carbocycles. The molecule has 2 aliphatic heterocycles. The van der Waals surface area contributed by atoms with Gasteiger partial charge in [0.15, 0.2) is 0 Å². The summed E-state index contributed by atoms with van der Waals surface area (Å²) < 4.78 is 11.1. The predicted octanol–water partition coefficient (Wildman–Crippen LogP) is 1.11. The Balaban J connectivity index is 1.86. The maximum atomic E-state index is 5.65. The lowest BCUT2D eigenvalue weighted by atomic mass is 9.85. The fraction of sp³-hybridized carbons (Fsp3) is 1.00. The van der Waals surface area contributed by atoms with Crippen LogP contribution in [0.5, 0.6) is 0 Å². The fourth-order valence-corrected chi connectivity index (χ4v) is 3.14. The van der Waals surface area contributed by atoms with E-state index in [-0.39, 0.29) is 0 Å². The van der Waals surface area contributed by atoms with Crippen molar-refractivity contribution in [1.82, 2.24) is 10.2 Å². The maximum absolute atomic E-state index is 5.65. The first-order valence-electron chi connectivity index (χ1n) is 7.32. The van der Waals surface area contributed by atoms with Crippen LogP contribution in [0.4, 0.5) is 0 Å². The van der Waals surface area contributed by atoms with E-state index in [1.807, 2.05) is 0 Å². The average molecular weight is 256 g/mol. The molecule has 1 atom stereocenters. The quantitative estimate of drug-likeness (QED) is 0.772. The minimum atomic E-state index is 0.322. The maximum Gasteiger partial charge on any atom is 0.0547 e. The lowest BCUT2D eigenvalue weighted by Gasteiger charge is -2.38. The molecule has 18 heavy (non-hydrogen) atoms. The van der Waals surface area contributed by atoms with Gasteiger partial charge in [-0.05, 0) is 32.9 Å². The van der Waals surface area contributed by atoms with E-state index in [9.17, 15) is 0 Å². The number of hydrogen-bond donors (Lipinski definition) is 1. The van der Waals surface area contributed by atoms with Gasteiger partial charge < -0.3 is 19.7 Å². The molecule has 0 spiro atoms. The zero-order valence-corrected chi connectivity index (χ0v) is 11.9. The summed E-state index contributed by atoms with van der Waals surface area (Å²) in [6.07, 6.45) is 3.54. The molecule has 0 aromatic rings. The van der Waals surface area contributed by atoms with Crippen molar-refractivity contribution in [2.24, 2.45) is 5.41 Å². The molecule has 0 aliphatic carbocycles. The summed E-state index contributed by atoms with van der Waals surface area (Å²) in [4.78, 5) is 2.54. The van der Waals surface area contributed by atoms with Crippen LogP contribution in [0.3, 0.4) is 0 Å². The van der Waals surface area contributed by atoms with Crippen LogP contribution in [-0.2, 0) is 9.47 Å². The monoisotopic (exact) mass is 256 g/mol. The van der Waals surface area contributed by atoms with E-state index < -0.39 is 0 Å². The Morgan fingerprint density at radius 2 is 2.00 bits per heavy atom. The van der Waals surface area contributed by atoms with Crippen molar-refractivity contribution in [1.29, 1.82) is 0 Å². The highest BCUT2D eigenvalue weighted by Gasteiger charge is 2.37. The van der Waals surface area contributed by atoms with E-state index in [1.54, 1.807) is 0 Å². The Labute approximate surface area is 111 Å². The summed E-state index contributed by atoms with van der Waals surface area (Å²) >= 11 is 0. The van der Waals surface area contributed by atoms with E-state index in [1.165, 1.54) is 19.3 Å². The van der Waals surface area contributed by atoms with Crippen LogP contribution in [0.1, 0.15) is 26.2 Å². The summed E-state index contributed by atoms with van der Waals surface area (Å²) in [5.41, 5.74) is 0.322. The third kappa shape index (κ3) is 3.67. The molecule has 2 aliphatic rings. The zero-order chi connectivity index (χ0) is 12.8. The van der Waals surface area contributed by atoms with E-state index in [0.717, 1.165) is 46.1 Å². The Bertz CT molecular complexity index is 236. The molecule has 0 amide bonds. The summed E-state index contributed by atoms with van der Waals surface area (Å²) in [5.74, 6) is 0. The molecule has 1 N–H and O–H groups in total. The fourth-order valence-electron chi connectivity index (χ4n) is 3.14. The number of ether oxygens (including phenoxy) is 2. The van der Waals surface area contributed by atoms with Crippen LogP contribution < -0.4 is 5.32 Å². The van der Waals surface area contributed by atoms with Crippen molar-refractivity contribution in [3.05, 3.63) is 0 Å². The number of hydrogen-bond acceptors (Lipinski definition) is 4. The van der Waals surface area contributed by atoms with Gasteiger partial charge in [-0.15, -0.1) is 0 Å². The summed E-state index contributed by atoms with van der Waals surface area (Å²) in [6.45, 7) is 9.12. The molecule has 2 rings (SSSR count). The van der Waals surface area contributed by atoms with Crippen molar-refractivity contribution < 1.29 is 9.47 Å². The predicted molar refractivity (Wildman–Crippen MR) is 72.9 cm³/mol. The van der Waals surface area contributed by atoms with Crippen molar-refractivity contribution in [3.63, 3.8) is 0 Å². The first-order chi connectivity index (χ1) is 8.76. The Morgan fingerprint density at radius 1 is 1.22 bits per heavy atom. The largest absolute Gasteiger partial charge is 0.381 e. The van der Waals surface area contributed by atoms with E-state index in [4.69, 9.17) is 9.47 Å². The van der Waals surface area contributed by atoms with Crippen LogP contribution in [0.15, 0.2) is 0 Å². The van der Waals surface area contributed by atoms with Gasteiger partial charge in [0.2, 0.25) is 0 Å². The van der Waals surface area contributed by atoms with Gasteiger partial charge >= 0.3 is 0 Å². The normalized spacial score (nSPS) is 30.2. The van der Waals surface area contributed by atoms with E-state index >= 15 is 0 Å². The number of rotatable bonds is 6. The Kier molecular flexibility index (Phi) is 5.42. The minimum absolute atomic E-state index is 0.322. The molecule has 0 aromatic heterocycles. The van der Waals surface area contributed by atoms with Crippen molar-refractivity contribution >= 4 is 0 Å². The van der Waals surface area contributed by atoms with Crippen LogP contribution in [0.25, 0.3) is 0 Å². The first kappa shape index (κ1) is 14.3. The highest BCUT2D eigenvalue weighted by atomic mass is 16.5. The molecule has 2 fully saturated rings. The number of nitrogens with one attached hydrogen (secondary N) is 1. The molecule has 1 unspecified atom stereocenters. The Hall–Kier alpha value is -0.160. The SMILES string of the molecule is CCNCC1(CN(C)C2CCOCC2)CCOC1. The van der Waals surface area contributed by atoms with Gasteiger partial charge in [0, 0.05) is 44.4 Å². The molecule has 4 heteroatoms. The standard InChI is InChI=1S/C14H28N2O2/c1-3-15-10-14(6-9-18-12-14)11-16(2)13-4-7-17-8-5-13/h13,15H,3-12H2,1-2H3. The second kappa shape index (κ2) is 6.85. The van der Waals surface area contributed by atoms with Crippen LogP contribution in [0, 0.1) is 5.41 Å². The zero-order valence-electron chi connectivity index (χ0n) is 11.9. The topological polar surface area (TPSA) is 33.7 Å². The third-order valence-electron chi connectivity index (χ3n) is 4.33. The smallest absolute Gasteiger partial charge is 0.0547 e. The van der Waals surface area contributed by atoms with Crippen molar-refractivity contribution in [2.75, 3.05) is 53.1 Å². The summed E-state index contributed by atoms with van der Waals surface area (Å²) in [5, 5.41) is 3.51. The first-order valence-corrected chi connectivity index (χ1v) is 7.32. The van der Waals surface area contributed by atoms with Gasteiger partial charge in [-0.3, -0.25) is 0 Å². The molecule has 2 heterocycles. The van der Waals surface area contributed by atoms with Crippen molar-refractivity contribution in [3.8, 4) is 0 Å². The molecule has 106 valence electrons. The van der Waals surface area contributed by atoms with E-state index in [0.29, 0.717) is 11.5 Å². The molecule has 2 saturated heterocycles. The highest BCUT2D eigenvalue weighted by Crippen LogP contribution is 2.30. The average Bonchev–Trinajstić information content (AvgIpc) is 2.86. The summed E-state index contributed by atoms with van der Waals surface area (Å²) in [7, 11) is 2.27. The Morgan fingerprint density at radius 3 is 2.61 bits per heavy atom. The lowest BCUT2D eigenvalue weighted by Crippen LogP contribution is -2.47. The van der Waals surface area contributed by atoms with Crippen LogP contribution in [0.2, 0.25) is 0 Å². The molecule has 4 nitrogen and oxygen atoms in total. The summed E-state index contributed by atoms with van der Waals surface area (Å²) in [6, 6.07) is 0.692. The van der Waals surface area contributed by atoms with Gasteiger partial charge in [-0.2, -0.15) is 0 Å². The molecule has 0 radical (unpaired) electrons. The highest BCUT2D eigenvalue weighted by molar-refractivity contribution is 4.89. The third-order valence-corrected chi connectivity index (χ3v) is 4.33. The van der Waals surface area contributed by atoms with E-state index in [2.05, 4.69) is 24.2 Å². The molecule has 0 aromatic carbocycles. The van der Waals surface area contributed by atoms with Gasteiger partial charge in [-0.25, -0.2) is 0 Å². The number of nitrogens with zero attached hydrogens (tertiary/aromatic N) is 1. The van der Waals surface area contributed by atoms with Gasteiger partial charge in [-0.1, -0.05) is 6.92 Å². The molecule has 0 bridgehead atoms. The lowest BCUT2D eigenvalue weighted by molar-refractivity contribution is 0.0245. The molecular formula is C14H28N2O2. The van der Waals surface area contributed by atoms with Gasteiger partial charge in [0.25, 0.3) is 0 Å². The molecular weight excluding hydrogens is 228 g/mol. The van der Waals surface area contributed by atoms with Crippen molar-refractivity contribution in [2.45, 2.75) is 32.2 Å². The van der Waals surface area contributed by atoms with Crippen LogP contribution in [-0.4, -0.2) is 64.1 Å². The second-order valence-electron chi connectivity index (χ2n) is 5.84.